The number of halogens is 1. The molecule has 0 spiro atoms. The van der Waals surface area contributed by atoms with Gasteiger partial charge in [0.25, 0.3) is 5.91 Å². The summed E-state index contributed by atoms with van der Waals surface area (Å²) in [4.78, 5) is 26.0. The van der Waals surface area contributed by atoms with Crippen LogP contribution in [0.2, 0.25) is 5.02 Å². The number of benzene rings is 3. The normalized spacial score (nSPS) is 10.8. The highest BCUT2D eigenvalue weighted by atomic mass is 35.5. The van der Waals surface area contributed by atoms with Crippen molar-refractivity contribution in [3.05, 3.63) is 87.0 Å². The SMILES string of the molecule is CCc1ccc2oc(-c3ccc(OC)cc3)c(OCC(=O)Nc3ccc(Cl)cc3C)c(=O)c2c1. The number of rotatable bonds is 7. The van der Waals surface area contributed by atoms with Crippen molar-refractivity contribution in [1.29, 1.82) is 0 Å². The van der Waals surface area contributed by atoms with E-state index in [0.29, 0.717) is 33.0 Å². The average Bonchev–Trinajstić information content (AvgIpc) is 2.85. The monoisotopic (exact) mass is 477 g/mol. The second-order valence-corrected chi connectivity index (χ2v) is 8.23. The number of nitrogens with one attached hydrogen (secondary N) is 1. The zero-order valence-corrected chi connectivity index (χ0v) is 19.9. The fraction of sp³-hybridized carbons (Fsp3) is 0.185. The second kappa shape index (κ2) is 10.0. The number of amides is 1. The van der Waals surface area contributed by atoms with Crippen molar-refractivity contribution in [2.24, 2.45) is 0 Å². The van der Waals surface area contributed by atoms with Crippen LogP contribution in [-0.2, 0) is 11.2 Å². The van der Waals surface area contributed by atoms with E-state index in [1.54, 1.807) is 61.7 Å². The molecular formula is C27H24ClNO5. The number of aryl methyl sites for hydroxylation is 2. The van der Waals surface area contributed by atoms with Crippen molar-refractivity contribution >= 4 is 34.2 Å². The van der Waals surface area contributed by atoms with Crippen LogP contribution in [0.4, 0.5) is 5.69 Å². The highest BCUT2D eigenvalue weighted by Crippen LogP contribution is 2.32. The van der Waals surface area contributed by atoms with E-state index in [-0.39, 0.29) is 23.5 Å². The van der Waals surface area contributed by atoms with E-state index in [0.717, 1.165) is 17.5 Å². The number of hydrogen-bond donors (Lipinski definition) is 1. The molecule has 34 heavy (non-hydrogen) atoms. The molecule has 0 aliphatic carbocycles. The third-order valence-electron chi connectivity index (χ3n) is 5.48. The smallest absolute Gasteiger partial charge is 0.262 e. The lowest BCUT2D eigenvalue weighted by Gasteiger charge is -2.13. The minimum absolute atomic E-state index is 0.0195. The Labute approximate surface area is 202 Å². The van der Waals surface area contributed by atoms with Gasteiger partial charge in [0, 0.05) is 16.3 Å². The quantitative estimate of drug-likeness (QED) is 0.352. The molecule has 1 heterocycles. The minimum atomic E-state index is -0.409. The molecule has 0 fully saturated rings. The van der Waals surface area contributed by atoms with Crippen molar-refractivity contribution in [3.8, 4) is 22.8 Å². The zero-order valence-electron chi connectivity index (χ0n) is 19.1. The van der Waals surface area contributed by atoms with Crippen LogP contribution >= 0.6 is 11.6 Å². The van der Waals surface area contributed by atoms with E-state index >= 15 is 0 Å². The average molecular weight is 478 g/mol. The molecule has 1 N–H and O–H groups in total. The predicted octanol–water partition coefficient (Wildman–Crippen LogP) is 6.01. The standard InChI is InChI=1S/C27H24ClNO5/c1-4-17-5-12-23-21(14-17)25(31)27(26(34-23)18-6-9-20(32-3)10-7-18)33-15-24(30)29-22-11-8-19(28)13-16(22)2/h5-14H,4,15H2,1-3H3,(H,29,30). The highest BCUT2D eigenvalue weighted by molar-refractivity contribution is 6.30. The van der Waals surface area contributed by atoms with Crippen LogP contribution in [0.25, 0.3) is 22.3 Å². The van der Waals surface area contributed by atoms with Gasteiger partial charge in [0.1, 0.15) is 11.3 Å². The number of anilines is 1. The molecule has 0 aliphatic rings. The summed E-state index contributed by atoms with van der Waals surface area (Å²) in [6.07, 6.45) is 0.772. The Kier molecular flexibility index (Phi) is 6.89. The van der Waals surface area contributed by atoms with Crippen LogP contribution in [-0.4, -0.2) is 19.6 Å². The van der Waals surface area contributed by atoms with Gasteiger partial charge in [-0.2, -0.15) is 0 Å². The summed E-state index contributed by atoms with van der Waals surface area (Å²) in [6, 6.07) is 17.7. The molecule has 7 heteroatoms. The van der Waals surface area contributed by atoms with Gasteiger partial charge < -0.3 is 19.2 Å². The summed E-state index contributed by atoms with van der Waals surface area (Å²) < 4.78 is 17.1. The van der Waals surface area contributed by atoms with E-state index in [2.05, 4.69) is 5.32 Å². The van der Waals surface area contributed by atoms with Crippen molar-refractivity contribution in [2.75, 3.05) is 19.0 Å². The molecule has 6 nitrogen and oxygen atoms in total. The Balaban J connectivity index is 1.70. The first kappa shape index (κ1) is 23.4. The number of carbonyl (C=O) groups excluding carboxylic acids is 1. The third-order valence-corrected chi connectivity index (χ3v) is 5.72. The largest absolute Gasteiger partial charge is 0.497 e. The molecule has 0 unspecified atom stereocenters. The minimum Gasteiger partial charge on any atom is -0.497 e. The van der Waals surface area contributed by atoms with E-state index < -0.39 is 5.91 Å². The Morgan fingerprint density at radius 2 is 1.82 bits per heavy atom. The van der Waals surface area contributed by atoms with Gasteiger partial charge in [0.2, 0.25) is 11.2 Å². The van der Waals surface area contributed by atoms with Crippen LogP contribution in [0.5, 0.6) is 11.5 Å². The lowest BCUT2D eigenvalue weighted by molar-refractivity contribution is -0.118. The molecule has 0 saturated heterocycles. The van der Waals surface area contributed by atoms with Crippen molar-refractivity contribution < 1.29 is 18.7 Å². The van der Waals surface area contributed by atoms with Crippen LogP contribution in [0.15, 0.2) is 69.9 Å². The van der Waals surface area contributed by atoms with E-state index in [9.17, 15) is 9.59 Å². The van der Waals surface area contributed by atoms with Crippen LogP contribution in [0.1, 0.15) is 18.1 Å². The first-order chi connectivity index (χ1) is 16.4. The fourth-order valence-corrected chi connectivity index (χ4v) is 3.83. The topological polar surface area (TPSA) is 77.8 Å². The number of methoxy groups -OCH3 is 1. The molecule has 1 amide bonds. The Morgan fingerprint density at radius 1 is 1.06 bits per heavy atom. The van der Waals surface area contributed by atoms with E-state index in [1.165, 1.54) is 0 Å². The molecule has 0 saturated carbocycles. The number of carbonyl (C=O) groups is 1. The molecule has 3 aromatic carbocycles. The van der Waals surface area contributed by atoms with E-state index in [1.807, 2.05) is 19.9 Å². The summed E-state index contributed by atoms with van der Waals surface area (Å²) in [7, 11) is 1.58. The maximum Gasteiger partial charge on any atom is 0.262 e. The van der Waals surface area contributed by atoms with Gasteiger partial charge in [-0.25, -0.2) is 0 Å². The fourth-order valence-electron chi connectivity index (χ4n) is 3.60. The Bertz CT molecular complexity index is 1410. The van der Waals surface area contributed by atoms with Gasteiger partial charge >= 0.3 is 0 Å². The van der Waals surface area contributed by atoms with Gasteiger partial charge in [-0.1, -0.05) is 24.6 Å². The Hall–Kier alpha value is -3.77. The summed E-state index contributed by atoms with van der Waals surface area (Å²) >= 11 is 5.99. The maximum absolute atomic E-state index is 13.4. The van der Waals surface area contributed by atoms with Gasteiger partial charge in [0.15, 0.2) is 12.4 Å². The number of hydrogen-bond acceptors (Lipinski definition) is 5. The highest BCUT2D eigenvalue weighted by Gasteiger charge is 2.19. The molecular weight excluding hydrogens is 454 g/mol. The lowest BCUT2D eigenvalue weighted by atomic mass is 10.1. The summed E-state index contributed by atoms with van der Waals surface area (Å²) in [5.41, 5.74) is 3.17. The van der Waals surface area contributed by atoms with Gasteiger partial charge in [-0.3, -0.25) is 9.59 Å². The van der Waals surface area contributed by atoms with Crippen LogP contribution < -0.4 is 20.2 Å². The third kappa shape index (κ3) is 4.92. The first-order valence-electron chi connectivity index (χ1n) is 10.8. The van der Waals surface area contributed by atoms with Crippen LogP contribution in [0, 0.1) is 6.92 Å². The van der Waals surface area contributed by atoms with Gasteiger partial charge in [-0.15, -0.1) is 0 Å². The summed E-state index contributed by atoms with van der Waals surface area (Å²) in [5, 5.41) is 3.77. The van der Waals surface area contributed by atoms with Crippen molar-refractivity contribution in [1.82, 2.24) is 0 Å². The van der Waals surface area contributed by atoms with E-state index in [4.69, 9.17) is 25.5 Å². The lowest BCUT2D eigenvalue weighted by Crippen LogP contribution is -2.23. The molecule has 4 rings (SSSR count). The summed E-state index contributed by atoms with van der Waals surface area (Å²) in [5.74, 6) is 0.487. The summed E-state index contributed by atoms with van der Waals surface area (Å²) in [6.45, 7) is 3.48. The molecule has 0 radical (unpaired) electrons. The molecule has 0 aliphatic heterocycles. The van der Waals surface area contributed by atoms with Gasteiger partial charge in [0.05, 0.1) is 12.5 Å². The zero-order chi connectivity index (χ0) is 24.2. The second-order valence-electron chi connectivity index (χ2n) is 7.80. The van der Waals surface area contributed by atoms with Crippen LogP contribution in [0.3, 0.4) is 0 Å². The predicted molar refractivity (Wildman–Crippen MR) is 134 cm³/mol. The Morgan fingerprint density at radius 3 is 2.50 bits per heavy atom. The maximum atomic E-state index is 13.4. The number of ether oxygens (including phenoxy) is 2. The molecule has 1 aromatic heterocycles. The van der Waals surface area contributed by atoms with Crippen molar-refractivity contribution in [2.45, 2.75) is 20.3 Å². The molecule has 4 aromatic rings. The molecule has 0 bridgehead atoms. The number of fused-ring (bicyclic) bond motifs is 1. The molecule has 0 atom stereocenters. The molecule has 174 valence electrons. The van der Waals surface area contributed by atoms with Crippen molar-refractivity contribution in [3.63, 3.8) is 0 Å². The first-order valence-corrected chi connectivity index (χ1v) is 11.2. The van der Waals surface area contributed by atoms with Gasteiger partial charge in [-0.05, 0) is 79.1 Å².